The van der Waals surface area contributed by atoms with Gasteiger partial charge in [0.1, 0.15) is 5.82 Å². The van der Waals surface area contributed by atoms with Gasteiger partial charge in [0.05, 0.1) is 6.10 Å². The predicted octanol–water partition coefficient (Wildman–Crippen LogP) is 3.17. The number of carbonyl (C=O) groups is 1. The fraction of sp³-hybridized carbons (Fsp3) is 0.0625. The highest BCUT2D eigenvalue weighted by Crippen LogP contribution is 2.24. The standard InChI is InChI=1S/C16H13FO3/c17-14-4-2-1-3-13(14)11-5-7-12(8-6-11)15(18)9-10-16(19)20/h1-10,15,18H,(H,19,20). The first-order valence-electron chi connectivity index (χ1n) is 6.02. The van der Waals surface area contributed by atoms with Gasteiger partial charge >= 0.3 is 5.97 Å². The normalized spacial score (nSPS) is 12.5. The maximum Gasteiger partial charge on any atom is 0.328 e. The van der Waals surface area contributed by atoms with E-state index in [9.17, 15) is 14.3 Å². The van der Waals surface area contributed by atoms with E-state index in [0.29, 0.717) is 16.7 Å². The summed E-state index contributed by atoms with van der Waals surface area (Å²) < 4.78 is 13.6. The maximum atomic E-state index is 13.6. The highest BCUT2D eigenvalue weighted by atomic mass is 19.1. The molecule has 0 spiro atoms. The first-order valence-corrected chi connectivity index (χ1v) is 6.02. The van der Waals surface area contributed by atoms with Crippen molar-refractivity contribution < 1.29 is 19.4 Å². The fourth-order valence-corrected chi connectivity index (χ4v) is 1.84. The zero-order chi connectivity index (χ0) is 14.5. The lowest BCUT2D eigenvalue weighted by Gasteiger charge is -2.08. The third-order valence-electron chi connectivity index (χ3n) is 2.86. The van der Waals surface area contributed by atoms with Crippen LogP contribution in [0.4, 0.5) is 4.39 Å². The number of carboxylic acids is 1. The summed E-state index contributed by atoms with van der Waals surface area (Å²) in [5.41, 5.74) is 1.72. The SMILES string of the molecule is O=C(O)C=CC(O)c1ccc(-c2ccccc2F)cc1. The van der Waals surface area contributed by atoms with Crippen LogP contribution in [0.15, 0.2) is 60.7 Å². The Morgan fingerprint density at radius 3 is 2.35 bits per heavy atom. The predicted molar refractivity (Wildman–Crippen MR) is 73.6 cm³/mol. The molecular weight excluding hydrogens is 259 g/mol. The van der Waals surface area contributed by atoms with Crippen LogP contribution < -0.4 is 0 Å². The molecule has 102 valence electrons. The molecule has 2 N–H and O–H groups in total. The molecule has 0 bridgehead atoms. The van der Waals surface area contributed by atoms with Gasteiger partial charge in [-0.25, -0.2) is 9.18 Å². The summed E-state index contributed by atoms with van der Waals surface area (Å²) in [6.07, 6.45) is 1.07. The van der Waals surface area contributed by atoms with E-state index in [4.69, 9.17) is 5.11 Å². The van der Waals surface area contributed by atoms with Crippen LogP contribution in [0.1, 0.15) is 11.7 Å². The average Bonchev–Trinajstić information content (AvgIpc) is 2.45. The van der Waals surface area contributed by atoms with E-state index in [0.717, 1.165) is 6.08 Å². The van der Waals surface area contributed by atoms with Crippen molar-refractivity contribution in [3.8, 4) is 11.1 Å². The highest BCUT2D eigenvalue weighted by Gasteiger charge is 2.07. The van der Waals surface area contributed by atoms with Gasteiger partial charge < -0.3 is 10.2 Å². The largest absolute Gasteiger partial charge is 0.478 e. The molecule has 0 amide bonds. The summed E-state index contributed by atoms with van der Waals surface area (Å²) in [6, 6.07) is 13.1. The van der Waals surface area contributed by atoms with Crippen LogP contribution in [0.2, 0.25) is 0 Å². The Morgan fingerprint density at radius 2 is 1.75 bits per heavy atom. The topological polar surface area (TPSA) is 57.5 Å². The molecule has 0 aliphatic heterocycles. The molecule has 0 aliphatic rings. The molecule has 2 aromatic rings. The molecule has 20 heavy (non-hydrogen) atoms. The van der Waals surface area contributed by atoms with Crippen LogP contribution in [0.5, 0.6) is 0 Å². The highest BCUT2D eigenvalue weighted by molar-refractivity contribution is 5.79. The molecule has 1 unspecified atom stereocenters. The van der Waals surface area contributed by atoms with Crippen molar-refractivity contribution in [1.29, 1.82) is 0 Å². The lowest BCUT2D eigenvalue weighted by Crippen LogP contribution is -1.95. The van der Waals surface area contributed by atoms with Gasteiger partial charge in [-0.15, -0.1) is 0 Å². The molecule has 4 heteroatoms. The third-order valence-corrected chi connectivity index (χ3v) is 2.86. The van der Waals surface area contributed by atoms with Crippen molar-refractivity contribution in [3.63, 3.8) is 0 Å². The van der Waals surface area contributed by atoms with Gasteiger partial charge in [0, 0.05) is 11.6 Å². The van der Waals surface area contributed by atoms with Gasteiger partial charge in [-0.2, -0.15) is 0 Å². The van der Waals surface area contributed by atoms with Gasteiger partial charge in [-0.1, -0.05) is 42.5 Å². The second-order valence-corrected chi connectivity index (χ2v) is 4.24. The minimum atomic E-state index is -1.12. The average molecular weight is 272 g/mol. The van der Waals surface area contributed by atoms with Crippen molar-refractivity contribution in [3.05, 3.63) is 72.1 Å². The summed E-state index contributed by atoms with van der Waals surface area (Å²) in [6.45, 7) is 0. The van der Waals surface area contributed by atoms with E-state index in [2.05, 4.69) is 0 Å². The molecule has 0 aliphatic carbocycles. The summed E-state index contributed by atoms with van der Waals surface area (Å²) in [7, 11) is 0. The molecule has 0 aromatic heterocycles. The van der Waals surface area contributed by atoms with Gasteiger partial charge in [-0.05, 0) is 23.3 Å². The van der Waals surface area contributed by atoms with E-state index in [-0.39, 0.29) is 5.82 Å². The van der Waals surface area contributed by atoms with Crippen LogP contribution in [0, 0.1) is 5.82 Å². The number of benzene rings is 2. The third kappa shape index (κ3) is 3.30. The fourth-order valence-electron chi connectivity index (χ4n) is 1.84. The molecule has 2 aromatic carbocycles. The van der Waals surface area contributed by atoms with Gasteiger partial charge in [0.25, 0.3) is 0 Å². The van der Waals surface area contributed by atoms with Crippen molar-refractivity contribution in [2.75, 3.05) is 0 Å². The van der Waals surface area contributed by atoms with Crippen molar-refractivity contribution in [2.45, 2.75) is 6.10 Å². The van der Waals surface area contributed by atoms with Crippen LogP contribution in [-0.2, 0) is 4.79 Å². The first-order chi connectivity index (χ1) is 9.58. The summed E-state index contributed by atoms with van der Waals surface area (Å²) in [5, 5.41) is 18.3. The molecule has 0 fully saturated rings. The molecule has 2 rings (SSSR count). The van der Waals surface area contributed by atoms with Crippen LogP contribution in [0.25, 0.3) is 11.1 Å². The number of rotatable bonds is 4. The molecule has 3 nitrogen and oxygen atoms in total. The summed E-state index contributed by atoms with van der Waals surface area (Å²) in [5.74, 6) is -1.43. The van der Waals surface area contributed by atoms with E-state index >= 15 is 0 Å². The Hall–Kier alpha value is -2.46. The second kappa shape index (κ2) is 6.12. The summed E-state index contributed by atoms with van der Waals surface area (Å²) >= 11 is 0. The Morgan fingerprint density at radius 1 is 1.10 bits per heavy atom. The number of hydrogen-bond donors (Lipinski definition) is 2. The lowest BCUT2D eigenvalue weighted by atomic mass is 10.0. The Kier molecular flexibility index (Phi) is 4.27. The number of hydrogen-bond acceptors (Lipinski definition) is 2. The van der Waals surface area contributed by atoms with E-state index in [1.807, 2.05) is 0 Å². The quantitative estimate of drug-likeness (QED) is 0.840. The smallest absolute Gasteiger partial charge is 0.328 e. The maximum absolute atomic E-state index is 13.6. The molecular formula is C16H13FO3. The first kappa shape index (κ1) is 14.0. The van der Waals surface area contributed by atoms with E-state index < -0.39 is 12.1 Å². The van der Waals surface area contributed by atoms with E-state index in [1.54, 1.807) is 42.5 Å². The monoisotopic (exact) mass is 272 g/mol. The Balaban J connectivity index is 2.23. The number of halogens is 1. The molecule has 0 heterocycles. The number of aliphatic carboxylic acids is 1. The Labute approximate surface area is 115 Å². The van der Waals surface area contributed by atoms with Crippen LogP contribution >= 0.6 is 0 Å². The van der Waals surface area contributed by atoms with Crippen molar-refractivity contribution in [2.24, 2.45) is 0 Å². The molecule has 0 radical (unpaired) electrons. The van der Waals surface area contributed by atoms with Gasteiger partial charge in [0.15, 0.2) is 0 Å². The zero-order valence-electron chi connectivity index (χ0n) is 10.5. The number of carboxylic acid groups (broad SMARTS) is 1. The minimum Gasteiger partial charge on any atom is -0.478 e. The molecule has 1 atom stereocenters. The molecule has 0 saturated carbocycles. The molecule has 0 saturated heterocycles. The van der Waals surface area contributed by atoms with Crippen molar-refractivity contribution in [1.82, 2.24) is 0 Å². The second-order valence-electron chi connectivity index (χ2n) is 4.24. The number of aliphatic hydroxyl groups excluding tert-OH is 1. The Bertz CT molecular complexity index is 632. The number of aliphatic hydroxyl groups is 1. The lowest BCUT2D eigenvalue weighted by molar-refractivity contribution is -0.131. The zero-order valence-corrected chi connectivity index (χ0v) is 10.5. The van der Waals surface area contributed by atoms with Gasteiger partial charge in [0.2, 0.25) is 0 Å². The summed E-state index contributed by atoms with van der Waals surface area (Å²) in [4.78, 5) is 10.4. The van der Waals surface area contributed by atoms with Crippen LogP contribution in [0.3, 0.4) is 0 Å². The van der Waals surface area contributed by atoms with Crippen LogP contribution in [-0.4, -0.2) is 16.2 Å². The minimum absolute atomic E-state index is 0.313. The van der Waals surface area contributed by atoms with Gasteiger partial charge in [-0.3, -0.25) is 0 Å². The van der Waals surface area contributed by atoms with Crippen molar-refractivity contribution >= 4 is 5.97 Å². The van der Waals surface area contributed by atoms with E-state index in [1.165, 1.54) is 12.1 Å².